The predicted octanol–water partition coefficient (Wildman–Crippen LogP) is 16.1. The van der Waals surface area contributed by atoms with Crippen molar-refractivity contribution in [3.05, 3.63) is 0 Å². The average Bonchev–Trinajstić information content (AvgIpc) is 3.18. The monoisotopic (exact) mass is 807 g/mol. The Hall–Kier alpha value is -1.59. The quantitative estimate of drug-likeness (QED) is 0.0346. The fourth-order valence-electron chi connectivity index (χ4n) is 7.64. The topological polar surface area (TPSA) is 78.9 Å². The zero-order valence-electron chi connectivity index (χ0n) is 39.0. The molecule has 0 spiro atoms. The van der Waals surface area contributed by atoms with Gasteiger partial charge in [-0.3, -0.25) is 14.4 Å². The van der Waals surface area contributed by atoms with Gasteiger partial charge in [-0.2, -0.15) is 0 Å². The highest BCUT2D eigenvalue weighted by atomic mass is 16.6. The molecule has 0 saturated carbocycles. The van der Waals surface area contributed by atoms with E-state index in [1.165, 1.54) is 167 Å². The third-order valence-corrected chi connectivity index (χ3v) is 11.5. The van der Waals surface area contributed by atoms with E-state index in [0.29, 0.717) is 19.3 Å². The summed E-state index contributed by atoms with van der Waals surface area (Å²) in [5.74, 6) is 0.785. The maximum atomic E-state index is 12.7. The van der Waals surface area contributed by atoms with E-state index < -0.39 is 6.10 Å². The van der Waals surface area contributed by atoms with Crippen molar-refractivity contribution >= 4 is 17.9 Å². The molecular weight excluding hydrogens is 709 g/mol. The minimum atomic E-state index is -0.761. The van der Waals surface area contributed by atoms with Crippen LogP contribution in [0.15, 0.2) is 0 Å². The Kier molecular flexibility index (Phi) is 42.7. The first-order chi connectivity index (χ1) is 27.7. The first kappa shape index (κ1) is 55.4. The van der Waals surface area contributed by atoms with Crippen LogP contribution in [0.5, 0.6) is 0 Å². The number of esters is 3. The number of carbonyl (C=O) groups excluding carboxylic acids is 3. The van der Waals surface area contributed by atoms with Gasteiger partial charge in [0.1, 0.15) is 13.2 Å². The van der Waals surface area contributed by atoms with E-state index in [-0.39, 0.29) is 31.1 Å². The second-order valence-electron chi connectivity index (χ2n) is 18.4. The molecule has 6 heteroatoms. The molecule has 0 N–H and O–H groups in total. The number of hydrogen-bond donors (Lipinski definition) is 0. The lowest BCUT2D eigenvalue weighted by atomic mass is 10.0. The number of carbonyl (C=O) groups is 3. The van der Waals surface area contributed by atoms with E-state index in [0.717, 1.165) is 69.6 Å². The van der Waals surface area contributed by atoms with Crippen LogP contribution in [0.3, 0.4) is 0 Å². The van der Waals surface area contributed by atoms with Crippen molar-refractivity contribution in [3.8, 4) is 0 Å². The molecule has 0 aliphatic carbocycles. The van der Waals surface area contributed by atoms with Gasteiger partial charge in [0, 0.05) is 19.3 Å². The maximum Gasteiger partial charge on any atom is 0.306 e. The van der Waals surface area contributed by atoms with Crippen LogP contribution in [0.25, 0.3) is 0 Å². The van der Waals surface area contributed by atoms with Crippen LogP contribution in [-0.4, -0.2) is 37.2 Å². The van der Waals surface area contributed by atoms with Crippen LogP contribution >= 0.6 is 0 Å². The molecule has 338 valence electrons. The van der Waals surface area contributed by atoms with Crippen LogP contribution in [0.4, 0.5) is 0 Å². The third kappa shape index (κ3) is 45.3. The number of unbranched alkanes of at least 4 members (excludes halogenated alkanes) is 30. The lowest BCUT2D eigenvalue weighted by Gasteiger charge is -2.18. The summed E-state index contributed by atoms with van der Waals surface area (Å²) in [6.45, 7) is 11.3. The number of ether oxygens (including phenoxy) is 3. The van der Waals surface area contributed by atoms with Crippen LogP contribution in [0.2, 0.25) is 0 Å². The molecule has 0 amide bonds. The normalized spacial score (nSPS) is 12.1. The molecule has 0 bridgehead atoms. The Morgan fingerprint density at radius 1 is 0.333 bits per heavy atom. The molecule has 57 heavy (non-hydrogen) atoms. The van der Waals surface area contributed by atoms with Crippen molar-refractivity contribution in [2.24, 2.45) is 11.8 Å². The fourth-order valence-corrected chi connectivity index (χ4v) is 7.64. The number of rotatable bonds is 45. The molecule has 0 aromatic rings. The Morgan fingerprint density at radius 2 is 0.579 bits per heavy atom. The Labute approximate surface area is 355 Å². The highest BCUT2D eigenvalue weighted by Gasteiger charge is 2.19. The first-order valence-electron chi connectivity index (χ1n) is 25.2. The van der Waals surface area contributed by atoms with E-state index in [2.05, 4.69) is 34.6 Å². The minimum absolute atomic E-state index is 0.0641. The summed E-state index contributed by atoms with van der Waals surface area (Å²) in [4.78, 5) is 37.9. The molecule has 0 aliphatic heterocycles. The Morgan fingerprint density at radius 3 is 0.860 bits per heavy atom. The predicted molar refractivity (Wildman–Crippen MR) is 243 cm³/mol. The largest absolute Gasteiger partial charge is 0.462 e. The van der Waals surface area contributed by atoms with Gasteiger partial charge in [0.15, 0.2) is 6.10 Å². The van der Waals surface area contributed by atoms with Crippen LogP contribution in [-0.2, 0) is 28.6 Å². The van der Waals surface area contributed by atoms with Crippen LogP contribution < -0.4 is 0 Å². The van der Waals surface area contributed by atoms with Gasteiger partial charge in [-0.25, -0.2) is 0 Å². The Bertz CT molecular complexity index is 870. The lowest BCUT2D eigenvalue weighted by Crippen LogP contribution is -2.30. The average molecular weight is 807 g/mol. The summed E-state index contributed by atoms with van der Waals surface area (Å²) in [5, 5.41) is 0. The minimum Gasteiger partial charge on any atom is -0.462 e. The van der Waals surface area contributed by atoms with Gasteiger partial charge in [-0.15, -0.1) is 0 Å². The zero-order chi connectivity index (χ0) is 41.9. The first-order valence-corrected chi connectivity index (χ1v) is 25.2. The van der Waals surface area contributed by atoms with Crippen molar-refractivity contribution in [2.45, 2.75) is 285 Å². The fraction of sp³-hybridized carbons (Fsp3) is 0.941. The van der Waals surface area contributed by atoms with Crippen LogP contribution in [0, 0.1) is 11.8 Å². The summed E-state index contributed by atoms with van der Waals surface area (Å²) in [7, 11) is 0. The summed E-state index contributed by atoms with van der Waals surface area (Å²) < 4.78 is 16.8. The molecule has 0 unspecified atom stereocenters. The number of hydrogen-bond acceptors (Lipinski definition) is 6. The van der Waals surface area contributed by atoms with Crippen molar-refractivity contribution in [3.63, 3.8) is 0 Å². The second-order valence-corrected chi connectivity index (χ2v) is 18.4. The highest BCUT2D eigenvalue weighted by molar-refractivity contribution is 5.71. The summed E-state index contributed by atoms with van der Waals surface area (Å²) in [5.41, 5.74) is 0. The Balaban J connectivity index is 4.29. The van der Waals surface area contributed by atoms with E-state index in [1.54, 1.807) is 0 Å². The van der Waals surface area contributed by atoms with Crippen molar-refractivity contribution in [2.75, 3.05) is 13.2 Å². The molecule has 0 aromatic heterocycles. The molecule has 0 fully saturated rings. The molecule has 1 atom stereocenters. The van der Waals surface area contributed by atoms with Gasteiger partial charge in [-0.05, 0) is 31.1 Å². The van der Waals surface area contributed by atoms with Gasteiger partial charge < -0.3 is 14.2 Å². The van der Waals surface area contributed by atoms with Gasteiger partial charge in [0.05, 0.1) is 0 Å². The molecule has 0 rings (SSSR count). The maximum absolute atomic E-state index is 12.7. The third-order valence-electron chi connectivity index (χ3n) is 11.5. The lowest BCUT2D eigenvalue weighted by molar-refractivity contribution is -0.167. The summed E-state index contributed by atoms with van der Waals surface area (Å²) in [6, 6.07) is 0. The molecule has 0 heterocycles. The molecule has 0 aromatic carbocycles. The standard InChI is InChI=1S/C51H98O6/c1-6-7-8-9-10-11-12-17-21-28-33-38-43-51(54)57-48(45-56-50(53)42-37-32-27-23-22-25-30-35-40-47(4)5)44-55-49(52)41-36-31-26-20-18-15-13-14-16-19-24-29-34-39-46(2)3/h46-48H,6-45H2,1-5H3/t48-/m1/s1. The zero-order valence-corrected chi connectivity index (χ0v) is 39.0. The summed E-state index contributed by atoms with van der Waals surface area (Å²) >= 11 is 0. The molecule has 0 radical (unpaired) electrons. The van der Waals surface area contributed by atoms with Gasteiger partial charge in [-0.1, -0.05) is 240 Å². The molecule has 0 saturated heterocycles. The van der Waals surface area contributed by atoms with E-state index in [1.807, 2.05) is 0 Å². The SMILES string of the molecule is CCCCCCCCCCCCCCC(=O)O[C@H](COC(=O)CCCCCCCCCCCCCCCC(C)C)COC(=O)CCCCCCCCCCC(C)C. The molecule has 6 nitrogen and oxygen atoms in total. The van der Waals surface area contributed by atoms with E-state index >= 15 is 0 Å². The van der Waals surface area contributed by atoms with Crippen LogP contribution in [0.1, 0.15) is 279 Å². The van der Waals surface area contributed by atoms with Gasteiger partial charge in [0.2, 0.25) is 0 Å². The van der Waals surface area contributed by atoms with E-state index in [9.17, 15) is 14.4 Å². The van der Waals surface area contributed by atoms with E-state index in [4.69, 9.17) is 14.2 Å². The smallest absolute Gasteiger partial charge is 0.306 e. The highest BCUT2D eigenvalue weighted by Crippen LogP contribution is 2.17. The van der Waals surface area contributed by atoms with Crippen molar-refractivity contribution in [1.29, 1.82) is 0 Å². The van der Waals surface area contributed by atoms with Gasteiger partial charge >= 0.3 is 17.9 Å². The summed E-state index contributed by atoms with van der Waals surface area (Å²) in [6.07, 6.45) is 43.7. The molecular formula is C51H98O6. The second kappa shape index (κ2) is 44.0. The van der Waals surface area contributed by atoms with Crippen molar-refractivity contribution < 1.29 is 28.6 Å². The molecule has 0 aliphatic rings. The van der Waals surface area contributed by atoms with Crippen molar-refractivity contribution in [1.82, 2.24) is 0 Å². The van der Waals surface area contributed by atoms with Gasteiger partial charge in [0.25, 0.3) is 0 Å².